The number of rotatable bonds is 3. The lowest BCUT2D eigenvalue weighted by molar-refractivity contribution is -0.592. The molecular formula is C18H20N2O2. The van der Waals surface area contributed by atoms with Crippen molar-refractivity contribution in [1.82, 2.24) is 0 Å². The summed E-state index contributed by atoms with van der Waals surface area (Å²) in [4.78, 5) is 2.32. The molecule has 3 heterocycles. The van der Waals surface area contributed by atoms with Crippen LogP contribution in [0.1, 0.15) is 25.7 Å². The first-order chi connectivity index (χ1) is 10.8. The fourth-order valence-corrected chi connectivity index (χ4v) is 3.91. The van der Waals surface area contributed by atoms with Crippen LogP contribution in [0.4, 0.5) is 5.82 Å². The molecule has 2 fully saturated rings. The summed E-state index contributed by atoms with van der Waals surface area (Å²) in [6.07, 6.45) is 6.10. The zero-order chi connectivity index (χ0) is 14.9. The fourth-order valence-electron chi connectivity index (χ4n) is 3.91. The van der Waals surface area contributed by atoms with E-state index in [0.717, 1.165) is 42.0 Å². The highest BCUT2D eigenvalue weighted by molar-refractivity contribution is 5.39. The molecule has 1 aromatic heterocycles. The van der Waals surface area contributed by atoms with Crippen LogP contribution < -0.4 is 14.4 Å². The Hall–Kier alpha value is -2.23. The average Bonchev–Trinajstić information content (AvgIpc) is 2.80. The van der Waals surface area contributed by atoms with Gasteiger partial charge in [0.2, 0.25) is 0 Å². The first-order valence-corrected chi connectivity index (χ1v) is 7.99. The molecule has 4 rings (SSSR count). The standard InChI is InChI=1S/C18H20N2O2/c21-19-11-5-4-8-18(19)20-14-9-10-15(20)13-17(12-14)22-16-6-2-1-3-7-16/h1-8,11,14-15,17H,9-10,12-13H2/t14-,15+,17?. The molecule has 0 radical (unpaired) electrons. The van der Waals surface area contributed by atoms with E-state index in [1.807, 2.05) is 42.5 Å². The number of hydrogen-bond acceptors (Lipinski definition) is 3. The molecule has 22 heavy (non-hydrogen) atoms. The molecule has 0 spiro atoms. The van der Waals surface area contributed by atoms with Crippen molar-refractivity contribution in [2.24, 2.45) is 0 Å². The summed E-state index contributed by atoms with van der Waals surface area (Å²) < 4.78 is 7.13. The summed E-state index contributed by atoms with van der Waals surface area (Å²) in [6, 6.07) is 16.5. The Labute approximate surface area is 130 Å². The highest BCUT2D eigenvalue weighted by Crippen LogP contribution is 2.39. The Morgan fingerprint density at radius 3 is 2.32 bits per heavy atom. The second-order valence-electron chi connectivity index (χ2n) is 6.20. The topological polar surface area (TPSA) is 39.4 Å². The van der Waals surface area contributed by atoms with Gasteiger partial charge in [-0.2, -0.15) is 0 Å². The molecule has 0 amide bonds. The fraction of sp³-hybridized carbons (Fsp3) is 0.389. The molecular weight excluding hydrogens is 276 g/mol. The van der Waals surface area contributed by atoms with E-state index in [1.165, 1.54) is 0 Å². The van der Waals surface area contributed by atoms with E-state index >= 15 is 0 Å². The Morgan fingerprint density at radius 2 is 1.64 bits per heavy atom. The van der Waals surface area contributed by atoms with Crippen LogP contribution in [0.3, 0.4) is 0 Å². The first kappa shape index (κ1) is 13.4. The highest BCUT2D eigenvalue weighted by atomic mass is 16.5. The van der Waals surface area contributed by atoms with E-state index in [9.17, 15) is 5.21 Å². The van der Waals surface area contributed by atoms with Gasteiger partial charge < -0.3 is 9.94 Å². The monoisotopic (exact) mass is 296 g/mol. The van der Waals surface area contributed by atoms with E-state index in [2.05, 4.69) is 4.90 Å². The van der Waals surface area contributed by atoms with Crippen LogP contribution in [0, 0.1) is 5.21 Å². The van der Waals surface area contributed by atoms with Crippen molar-refractivity contribution in [3.05, 3.63) is 59.9 Å². The van der Waals surface area contributed by atoms with Crippen LogP contribution in [0.5, 0.6) is 5.75 Å². The van der Waals surface area contributed by atoms with Gasteiger partial charge in [-0.1, -0.05) is 24.3 Å². The molecule has 4 nitrogen and oxygen atoms in total. The Bertz CT molecular complexity index is 633. The first-order valence-electron chi connectivity index (χ1n) is 7.99. The summed E-state index contributed by atoms with van der Waals surface area (Å²) in [5.74, 6) is 1.73. The highest BCUT2D eigenvalue weighted by Gasteiger charge is 2.47. The molecule has 2 aliphatic rings. The lowest BCUT2D eigenvalue weighted by atomic mass is 9.99. The SMILES string of the molecule is [O-][n+]1ccccc1N1[C@@H]2CC[C@H]1CC(Oc1ccccc1)C2. The van der Waals surface area contributed by atoms with Crippen LogP contribution in [0.2, 0.25) is 0 Å². The van der Waals surface area contributed by atoms with Gasteiger partial charge in [0.15, 0.2) is 0 Å². The molecule has 3 atom stereocenters. The second-order valence-corrected chi connectivity index (χ2v) is 6.20. The number of para-hydroxylation sites is 1. The van der Waals surface area contributed by atoms with Gasteiger partial charge in [0.25, 0.3) is 5.82 Å². The summed E-state index contributed by atoms with van der Waals surface area (Å²) >= 11 is 0. The Kier molecular flexibility index (Phi) is 3.37. The van der Waals surface area contributed by atoms with Gasteiger partial charge in [-0.15, -0.1) is 0 Å². The summed E-state index contributed by atoms with van der Waals surface area (Å²) in [7, 11) is 0. The maximum Gasteiger partial charge on any atom is 0.280 e. The zero-order valence-electron chi connectivity index (χ0n) is 12.5. The minimum Gasteiger partial charge on any atom is -0.711 e. The zero-order valence-corrected chi connectivity index (χ0v) is 12.5. The quantitative estimate of drug-likeness (QED) is 0.646. The number of ether oxygens (including phenoxy) is 1. The van der Waals surface area contributed by atoms with E-state index in [1.54, 1.807) is 12.3 Å². The van der Waals surface area contributed by atoms with Crippen molar-refractivity contribution < 1.29 is 9.47 Å². The average molecular weight is 296 g/mol. The van der Waals surface area contributed by atoms with Crippen LogP contribution in [0.15, 0.2) is 54.7 Å². The molecule has 0 N–H and O–H groups in total. The van der Waals surface area contributed by atoms with Gasteiger partial charge in [0, 0.05) is 18.9 Å². The predicted molar refractivity (Wildman–Crippen MR) is 84.8 cm³/mol. The molecule has 2 saturated heterocycles. The van der Waals surface area contributed by atoms with Gasteiger partial charge in [-0.05, 0) is 31.0 Å². The van der Waals surface area contributed by atoms with Crippen LogP contribution in [-0.4, -0.2) is 18.2 Å². The molecule has 0 aliphatic carbocycles. The number of piperidine rings is 1. The Morgan fingerprint density at radius 1 is 0.955 bits per heavy atom. The third kappa shape index (κ3) is 2.39. The molecule has 114 valence electrons. The maximum absolute atomic E-state index is 12.1. The molecule has 2 bridgehead atoms. The van der Waals surface area contributed by atoms with Crippen molar-refractivity contribution in [1.29, 1.82) is 0 Å². The van der Waals surface area contributed by atoms with Crippen molar-refractivity contribution in [3.8, 4) is 5.75 Å². The number of nitrogens with zero attached hydrogens (tertiary/aromatic N) is 2. The molecule has 1 unspecified atom stereocenters. The second kappa shape index (κ2) is 5.52. The summed E-state index contributed by atoms with van der Waals surface area (Å²) in [5.41, 5.74) is 0. The van der Waals surface area contributed by atoms with E-state index in [4.69, 9.17) is 4.74 Å². The molecule has 1 aromatic carbocycles. The molecule has 2 aliphatic heterocycles. The molecule has 0 saturated carbocycles. The smallest absolute Gasteiger partial charge is 0.280 e. The number of fused-ring (bicyclic) bond motifs is 2. The van der Waals surface area contributed by atoms with Crippen molar-refractivity contribution in [3.63, 3.8) is 0 Å². The van der Waals surface area contributed by atoms with Crippen molar-refractivity contribution >= 4 is 5.82 Å². The molecule has 2 aromatic rings. The number of hydrogen-bond donors (Lipinski definition) is 0. The minimum atomic E-state index is 0.250. The summed E-state index contributed by atoms with van der Waals surface area (Å²) in [6.45, 7) is 0. The lowest BCUT2D eigenvalue weighted by Gasteiger charge is -2.35. The van der Waals surface area contributed by atoms with E-state index in [-0.39, 0.29) is 6.10 Å². The van der Waals surface area contributed by atoms with Gasteiger partial charge in [-0.25, -0.2) is 4.73 Å². The normalized spacial score (nSPS) is 26.9. The van der Waals surface area contributed by atoms with Crippen LogP contribution in [-0.2, 0) is 0 Å². The van der Waals surface area contributed by atoms with Gasteiger partial charge in [0.05, 0.1) is 6.20 Å². The van der Waals surface area contributed by atoms with Crippen LogP contribution in [0.25, 0.3) is 0 Å². The predicted octanol–water partition coefficient (Wildman–Crippen LogP) is 2.90. The maximum atomic E-state index is 12.1. The van der Waals surface area contributed by atoms with E-state index in [0.29, 0.717) is 12.1 Å². The van der Waals surface area contributed by atoms with Crippen molar-refractivity contribution in [2.45, 2.75) is 43.9 Å². The number of pyridine rings is 1. The van der Waals surface area contributed by atoms with Gasteiger partial charge >= 0.3 is 0 Å². The van der Waals surface area contributed by atoms with Crippen molar-refractivity contribution in [2.75, 3.05) is 4.90 Å². The lowest BCUT2D eigenvalue weighted by Crippen LogP contribution is -2.50. The minimum absolute atomic E-state index is 0.250. The van der Waals surface area contributed by atoms with Crippen LogP contribution >= 0.6 is 0 Å². The van der Waals surface area contributed by atoms with E-state index < -0.39 is 0 Å². The largest absolute Gasteiger partial charge is 0.711 e. The molecule has 4 heteroatoms. The third-order valence-corrected chi connectivity index (χ3v) is 4.80. The number of anilines is 1. The number of benzene rings is 1. The Balaban J connectivity index is 1.51. The third-order valence-electron chi connectivity index (χ3n) is 4.80. The van der Waals surface area contributed by atoms with Gasteiger partial charge in [0.1, 0.15) is 23.9 Å². The number of aromatic nitrogens is 1. The summed E-state index contributed by atoms with van der Waals surface area (Å²) in [5, 5.41) is 12.1. The van der Waals surface area contributed by atoms with Gasteiger partial charge in [-0.3, -0.25) is 4.90 Å².